The number of ether oxygens (including phenoxy) is 2. The van der Waals surface area contributed by atoms with Gasteiger partial charge < -0.3 is 14.8 Å². The van der Waals surface area contributed by atoms with Crippen molar-refractivity contribution in [1.82, 2.24) is 9.62 Å². The third-order valence-electron chi connectivity index (χ3n) is 4.60. The fourth-order valence-corrected chi connectivity index (χ4v) is 4.33. The van der Waals surface area contributed by atoms with Crippen LogP contribution in [0.15, 0.2) is 53.4 Å². The molecule has 0 radical (unpaired) electrons. The van der Waals surface area contributed by atoms with E-state index in [1.165, 1.54) is 47.8 Å². The number of carbonyl (C=O) groups is 1. The van der Waals surface area contributed by atoms with Gasteiger partial charge in [-0.2, -0.15) is 4.31 Å². The molecule has 2 aromatic rings. The molecule has 0 aromatic heterocycles. The molecule has 0 unspecified atom stereocenters. The molecule has 1 amide bonds. The van der Waals surface area contributed by atoms with Crippen LogP contribution < -0.4 is 10.1 Å². The second-order valence-corrected chi connectivity index (χ2v) is 8.54. The Balaban J connectivity index is 1.55. The van der Waals surface area contributed by atoms with Crippen LogP contribution in [-0.4, -0.2) is 52.0 Å². The van der Waals surface area contributed by atoms with E-state index >= 15 is 0 Å². The second-order valence-electron chi connectivity index (χ2n) is 6.61. The minimum Gasteiger partial charge on any atom is -0.494 e. The zero-order valence-corrected chi connectivity index (χ0v) is 17.3. The van der Waals surface area contributed by atoms with Gasteiger partial charge in [0, 0.05) is 25.7 Å². The van der Waals surface area contributed by atoms with Crippen LogP contribution >= 0.6 is 0 Å². The lowest BCUT2D eigenvalue weighted by Crippen LogP contribution is -2.40. The van der Waals surface area contributed by atoms with Gasteiger partial charge in [-0.05, 0) is 41.5 Å². The van der Waals surface area contributed by atoms with E-state index in [9.17, 15) is 17.6 Å². The molecule has 1 heterocycles. The molecule has 2 aromatic carbocycles. The number of nitrogens with one attached hydrogen (secondary N) is 1. The Kier molecular flexibility index (Phi) is 7.20. The summed E-state index contributed by atoms with van der Waals surface area (Å²) < 4.78 is 50.3. The number of morpholine rings is 1. The second kappa shape index (κ2) is 9.84. The maximum atomic E-state index is 13.7. The monoisotopic (exact) mass is 434 g/mol. The number of benzene rings is 2. The van der Waals surface area contributed by atoms with E-state index < -0.39 is 15.8 Å². The first kappa shape index (κ1) is 21.9. The number of halogens is 1. The molecule has 1 N–H and O–H groups in total. The minimum absolute atomic E-state index is 0.135. The Labute approximate surface area is 175 Å². The van der Waals surface area contributed by atoms with Crippen molar-refractivity contribution in [3.63, 3.8) is 0 Å². The topological polar surface area (TPSA) is 84.9 Å². The van der Waals surface area contributed by atoms with Gasteiger partial charge in [-0.25, -0.2) is 12.8 Å². The smallest absolute Gasteiger partial charge is 0.244 e. The number of sulfonamides is 1. The van der Waals surface area contributed by atoms with Gasteiger partial charge >= 0.3 is 0 Å². The van der Waals surface area contributed by atoms with Crippen LogP contribution in [0.25, 0.3) is 6.08 Å². The summed E-state index contributed by atoms with van der Waals surface area (Å²) in [5.74, 6) is -0.723. The van der Waals surface area contributed by atoms with Gasteiger partial charge in [-0.15, -0.1) is 0 Å². The summed E-state index contributed by atoms with van der Waals surface area (Å²) in [4.78, 5) is 12.2. The van der Waals surface area contributed by atoms with Crippen molar-refractivity contribution in [3.05, 3.63) is 65.5 Å². The van der Waals surface area contributed by atoms with Gasteiger partial charge in [-0.3, -0.25) is 4.79 Å². The molecule has 9 heteroatoms. The molecule has 0 atom stereocenters. The summed E-state index contributed by atoms with van der Waals surface area (Å²) in [6, 6.07) is 10.8. The van der Waals surface area contributed by atoms with Crippen LogP contribution in [0.4, 0.5) is 4.39 Å². The van der Waals surface area contributed by atoms with E-state index in [2.05, 4.69) is 5.32 Å². The number of hydrogen-bond donors (Lipinski definition) is 1. The number of hydrogen-bond acceptors (Lipinski definition) is 5. The summed E-state index contributed by atoms with van der Waals surface area (Å²) in [5, 5.41) is 2.71. The van der Waals surface area contributed by atoms with Crippen LogP contribution in [0.2, 0.25) is 0 Å². The van der Waals surface area contributed by atoms with E-state index in [0.29, 0.717) is 31.9 Å². The van der Waals surface area contributed by atoms with Gasteiger partial charge in [0.2, 0.25) is 15.9 Å². The molecule has 1 fully saturated rings. The first-order valence-electron chi connectivity index (χ1n) is 9.36. The summed E-state index contributed by atoms with van der Waals surface area (Å²) >= 11 is 0. The maximum Gasteiger partial charge on any atom is 0.244 e. The quantitative estimate of drug-likeness (QED) is 0.676. The average molecular weight is 434 g/mol. The summed E-state index contributed by atoms with van der Waals surface area (Å²) in [6.45, 7) is 1.69. The number of rotatable bonds is 7. The number of carbonyl (C=O) groups excluding carboxylic acids is 1. The van der Waals surface area contributed by atoms with Crippen LogP contribution in [-0.2, 0) is 26.1 Å². The van der Waals surface area contributed by atoms with Gasteiger partial charge in [0.1, 0.15) is 0 Å². The molecule has 0 spiro atoms. The largest absolute Gasteiger partial charge is 0.494 e. The van der Waals surface area contributed by atoms with E-state index in [4.69, 9.17) is 9.47 Å². The number of nitrogens with zero attached hydrogens (tertiary/aromatic N) is 1. The van der Waals surface area contributed by atoms with Crippen molar-refractivity contribution in [2.24, 2.45) is 0 Å². The molecular weight excluding hydrogens is 411 g/mol. The van der Waals surface area contributed by atoms with Crippen molar-refractivity contribution in [1.29, 1.82) is 0 Å². The minimum atomic E-state index is -3.54. The van der Waals surface area contributed by atoms with Crippen LogP contribution in [0, 0.1) is 5.82 Å². The number of methoxy groups -OCH3 is 1. The zero-order chi connectivity index (χ0) is 21.6. The summed E-state index contributed by atoms with van der Waals surface area (Å²) in [6.07, 6.45) is 2.80. The molecule has 0 bridgehead atoms. The van der Waals surface area contributed by atoms with Crippen molar-refractivity contribution in [3.8, 4) is 5.75 Å². The molecule has 7 nitrogen and oxygen atoms in total. The highest BCUT2D eigenvalue weighted by Crippen LogP contribution is 2.19. The fourth-order valence-electron chi connectivity index (χ4n) is 2.92. The first-order chi connectivity index (χ1) is 14.4. The van der Waals surface area contributed by atoms with Crippen molar-refractivity contribution >= 4 is 22.0 Å². The molecule has 1 saturated heterocycles. The van der Waals surface area contributed by atoms with Crippen molar-refractivity contribution < 1.29 is 27.1 Å². The highest BCUT2D eigenvalue weighted by Gasteiger charge is 2.26. The normalized spacial score (nSPS) is 15.3. The molecule has 0 aliphatic carbocycles. The summed E-state index contributed by atoms with van der Waals surface area (Å²) in [5.41, 5.74) is 1.29. The van der Waals surface area contributed by atoms with Crippen LogP contribution in [0.3, 0.4) is 0 Å². The molecule has 1 aliphatic rings. The van der Waals surface area contributed by atoms with Crippen molar-refractivity contribution in [2.45, 2.75) is 11.4 Å². The SMILES string of the molecule is COc1ccc(/C=C/C(=O)NCc2ccc(S(=O)(=O)N3CCOCC3)cc2)cc1F. The molecular formula is C21H23FN2O5S. The first-order valence-corrected chi connectivity index (χ1v) is 10.8. The lowest BCUT2D eigenvalue weighted by molar-refractivity contribution is -0.116. The van der Waals surface area contributed by atoms with E-state index in [1.54, 1.807) is 18.2 Å². The van der Waals surface area contributed by atoms with E-state index in [-0.39, 0.29) is 23.1 Å². The Morgan fingerprint density at radius 3 is 2.53 bits per heavy atom. The lowest BCUT2D eigenvalue weighted by atomic mass is 10.2. The number of amides is 1. The molecule has 30 heavy (non-hydrogen) atoms. The predicted molar refractivity (Wildman–Crippen MR) is 110 cm³/mol. The van der Waals surface area contributed by atoms with Gasteiger partial charge in [0.05, 0.1) is 25.2 Å². The summed E-state index contributed by atoms with van der Waals surface area (Å²) in [7, 11) is -2.16. The Hall–Kier alpha value is -2.75. The van der Waals surface area contributed by atoms with E-state index in [0.717, 1.165) is 5.56 Å². The third kappa shape index (κ3) is 5.44. The highest BCUT2D eigenvalue weighted by atomic mass is 32.2. The van der Waals surface area contributed by atoms with Crippen LogP contribution in [0.5, 0.6) is 5.75 Å². The Morgan fingerprint density at radius 1 is 1.20 bits per heavy atom. The predicted octanol–water partition coefficient (Wildman–Crippen LogP) is 2.18. The van der Waals surface area contributed by atoms with Crippen LogP contribution in [0.1, 0.15) is 11.1 Å². The average Bonchev–Trinajstić information content (AvgIpc) is 2.77. The maximum absolute atomic E-state index is 13.7. The molecule has 3 rings (SSSR count). The Bertz CT molecular complexity index is 1020. The molecule has 1 aliphatic heterocycles. The lowest BCUT2D eigenvalue weighted by Gasteiger charge is -2.26. The molecule has 160 valence electrons. The highest BCUT2D eigenvalue weighted by molar-refractivity contribution is 7.89. The van der Waals surface area contributed by atoms with E-state index in [1.807, 2.05) is 0 Å². The fraction of sp³-hybridized carbons (Fsp3) is 0.286. The zero-order valence-electron chi connectivity index (χ0n) is 16.5. The third-order valence-corrected chi connectivity index (χ3v) is 6.51. The molecule has 0 saturated carbocycles. The van der Waals surface area contributed by atoms with Crippen molar-refractivity contribution in [2.75, 3.05) is 33.4 Å². The Morgan fingerprint density at radius 2 is 1.90 bits per heavy atom. The van der Waals surface area contributed by atoms with Gasteiger partial charge in [0.15, 0.2) is 11.6 Å². The van der Waals surface area contributed by atoms with Gasteiger partial charge in [0.25, 0.3) is 0 Å². The standard InChI is InChI=1S/C21H23FN2O5S/c1-28-20-8-4-16(14-19(20)22)5-9-21(25)23-15-17-2-6-18(7-3-17)30(26,27)24-10-12-29-13-11-24/h2-9,14H,10-13,15H2,1H3,(H,23,25)/b9-5+. The van der Waals surface area contributed by atoms with Gasteiger partial charge in [-0.1, -0.05) is 18.2 Å².